The summed E-state index contributed by atoms with van der Waals surface area (Å²) in [7, 11) is 7.10. The first-order chi connectivity index (χ1) is 16.2. The molecule has 2 heterocycles. The summed E-state index contributed by atoms with van der Waals surface area (Å²) in [6, 6.07) is 12.8. The number of aromatic nitrogens is 1. The average molecular weight is 478 g/mol. The zero-order valence-corrected chi connectivity index (χ0v) is 20.9. The molecule has 0 amide bonds. The highest BCUT2D eigenvalue weighted by molar-refractivity contribution is 7.07. The normalized spacial score (nSPS) is 15.6. The Balaban J connectivity index is 1.93. The Morgan fingerprint density at radius 2 is 1.82 bits per heavy atom. The maximum atomic E-state index is 13.6. The van der Waals surface area contributed by atoms with Crippen molar-refractivity contribution in [2.75, 3.05) is 33.2 Å². The standard InChI is InChI=1S/C26H27N3O4S/c1-15-23(16(2)30)24(17-7-10-19(11-8-17)28(3)4)29-25(31)22(34-26(29)27-15)13-18-9-12-20(32-5)14-21(18)33-6/h7-14,24H,1-6H3/t24-/m0/s1. The third-order valence-electron chi connectivity index (χ3n) is 5.85. The third-order valence-corrected chi connectivity index (χ3v) is 6.84. The van der Waals surface area contributed by atoms with Gasteiger partial charge in [-0.1, -0.05) is 23.5 Å². The van der Waals surface area contributed by atoms with Gasteiger partial charge in [0.15, 0.2) is 10.6 Å². The first-order valence-corrected chi connectivity index (χ1v) is 11.6. The highest BCUT2D eigenvalue weighted by Gasteiger charge is 2.30. The number of ketones is 1. The van der Waals surface area contributed by atoms with Crippen LogP contribution in [0.5, 0.6) is 11.5 Å². The lowest BCUT2D eigenvalue weighted by molar-refractivity contribution is -0.114. The number of carbonyl (C=O) groups is 1. The van der Waals surface area contributed by atoms with Crippen molar-refractivity contribution in [3.8, 4) is 11.5 Å². The molecule has 1 aliphatic rings. The lowest BCUT2D eigenvalue weighted by atomic mass is 9.93. The number of rotatable bonds is 6. The number of carbonyl (C=O) groups excluding carboxylic acids is 1. The lowest BCUT2D eigenvalue weighted by Gasteiger charge is -2.25. The molecule has 4 rings (SSSR count). The van der Waals surface area contributed by atoms with Gasteiger partial charge in [0, 0.05) is 42.7 Å². The van der Waals surface area contributed by atoms with E-state index in [4.69, 9.17) is 9.47 Å². The van der Waals surface area contributed by atoms with E-state index in [2.05, 4.69) is 4.99 Å². The van der Waals surface area contributed by atoms with Crippen molar-refractivity contribution in [2.45, 2.75) is 19.9 Å². The number of allylic oxidation sites excluding steroid dienone is 2. The zero-order valence-electron chi connectivity index (χ0n) is 20.1. The maximum absolute atomic E-state index is 13.6. The molecule has 0 spiro atoms. The number of hydrogen-bond donors (Lipinski definition) is 0. The van der Waals surface area contributed by atoms with Gasteiger partial charge < -0.3 is 14.4 Å². The molecule has 0 fully saturated rings. The Morgan fingerprint density at radius 3 is 2.41 bits per heavy atom. The van der Waals surface area contributed by atoms with E-state index < -0.39 is 6.04 Å². The Bertz CT molecular complexity index is 1460. The minimum absolute atomic E-state index is 0.103. The Labute approximate surface area is 201 Å². The van der Waals surface area contributed by atoms with E-state index in [1.807, 2.05) is 62.3 Å². The summed E-state index contributed by atoms with van der Waals surface area (Å²) in [5.74, 6) is 1.16. The van der Waals surface area contributed by atoms with Crippen LogP contribution in [0.2, 0.25) is 0 Å². The molecule has 0 radical (unpaired) electrons. The van der Waals surface area contributed by atoms with E-state index in [1.165, 1.54) is 18.3 Å². The van der Waals surface area contributed by atoms with Crippen LogP contribution in [0.1, 0.15) is 31.0 Å². The predicted octanol–water partition coefficient (Wildman–Crippen LogP) is 2.91. The van der Waals surface area contributed by atoms with Crippen LogP contribution >= 0.6 is 11.3 Å². The minimum Gasteiger partial charge on any atom is -0.497 e. The van der Waals surface area contributed by atoms with E-state index in [9.17, 15) is 9.59 Å². The minimum atomic E-state index is -0.537. The van der Waals surface area contributed by atoms with Crippen molar-refractivity contribution in [1.82, 2.24) is 4.57 Å². The molecule has 3 aromatic rings. The van der Waals surface area contributed by atoms with E-state index >= 15 is 0 Å². The number of ether oxygens (including phenoxy) is 2. The smallest absolute Gasteiger partial charge is 0.271 e. The first kappa shape index (κ1) is 23.5. The Morgan fingerprint density at radius 1 is 1.12 bits per heavy atom. The van der Waals surface area contributed by atoms with Crippen molar-refractivity contribution < 1.29 is 14.3 Å². The summed E-state index contributed by atoms with van der Waals surface area (Å²) in [5.41, 5.74) is 3.60. The molecule has 0 aliphatic carbocycles. The maximum Gasteiger partial charge on any atom is 0.271 e. The summed E-state index contributed by atoms with van der Waals surface area (Å²) >= 11 is 1.30. The summed E-state index contributed by atoms with van der Waals surface area (Å²) in [6.45, 7) is 3.34. The molecule has 0 bridgehead atoms. The number of fused-ring (bicyclic) bond motifs is 1. The monoisotopic (exact) mass is 477 g/mol. The average Bonchev–Trinajstić information content (AvgIpc) is 3.12. The van der Waals surface area contributed by atoms with Crippen LogP contribution in [0.3, 0.4) is 0 Å². The van der Waals surface area contributed by atoms with Gasteiger partial charge in [-0.15, -0.1) is 0 Å². The van der Waals surface area contributed by atoms with Crippen LogP contribution in [0.25, 0.3) is 6.08 Å². The fraction of sp³-hybridized carbons (Fsp3) is 0.269. The molecule has 0 N–H and O–H groups in total. The Kier molecular flexibility index (Phi) is 6.43. The molecule has 34 heavy (non-hydrogen) atoms. The van der Waals surface area contributed by atoms with Crippen LogP contribution in [0.15, 0.2) is 63.5 Å². The van der Waals surface area contributed by atoms with Gasteiger partial charge in [0.25, 0.3) is 5.56 Å². The van der Waals surface area contributed by atoms with Gasteiger partial charge in [0.2, 0.25) is 0 Å². The molecular formula is C26H27N3O4S. The fourth-order valence-electron chi connectivity index (χ4n) is 4.12. The molecule has 2 aromatic carbocycles. The number of benzene rings is 2. The van der Waals surface area contributed by atoms with E-state index in [-0.39, 0.29) is 11.3 Å². The largest absolute Gasteiger partial charge is 0.497 e. The summed E-state index contributed by atoms with van der Waals surface area (Å²) < 4.78 is 12.9. The second-order valence-electron chi connectivity index (χ2n) is 8.23. The highest BCUT2D eigenvalue weighted by Crippen LogP contribution is 2.31. The zero-order chi connectivity index (χ0) is 24.6. The van der Waals surface area contributed by atoms with Gasteiger partial charge in [-0.3, -0.25) is 14.2 Å². The van der Waals surface area contributed by atoms with Gasteiger partial charge in [-0.05, 0) is 49.8 Å². The number of nitrogens with zero attached hydrogens (tertiary/aromatic N) is 3. The topological polar surface area (TPSA) is 73.1 Å². The summed E-state index contributed by atoms with van der Waals surface area (Å²) in [6.07, 6.45) is 1.79. The highest BCUT2D eigenvalue weighted by atomic mass is 32.1. The van der Waals surface area contributed by atoms with Crippen molar-refractivity contribution in [3.63, 3.8) is 0 Å². The molecule has 0 saturated carbocycles. The number of anilines is 1. The fourth-order valence-corrected chi connectivity index (χ4v) is 5.16. The molecule has 0 saturated heterocycles. The SMILES string of the molecule is COc1ccc(C=c2sc3n(c2=O)[C@@H](c2ccc(N(C)C)cc2)C(C(C)=O)=C(C)N=3)c(OC)c1. The van der Waals surface area contributed by atoms with E-state index in [0.717, 1.165) is 16.8 Å². The van der Waals surface area contributed by atoms with Crippen molar-refractivity contribution in [3.05, 3.63) is 84.5 Å². The van der Waals surface area contributed by atoms with Gasteiger partial charge in [-0.25, -0.2) is 4.99 Å². The van der Waals surface area contributed by atoms with Gasteiger partial charge >= 0.3 is 0 Å². The second-order valence-corrected chi connectivity index (χ2v) is 9.24. The van der Waals surface area contributed by atoms with E-state index in [0.29, 0.717) is 32.1 Å². The summed E-state index contributed by atoms with van der Waals surface area (Å²) in [5, 5.41) is 0. The Hall–Kier alpha value is -3.65. The summed E-state index contributed by atoms with van der Waals surface area (Å²) in [4.78, 5) is 33.5. The second kappa shape index (κ2) is 9.30. The van der Waals surface area contributed by atoms with Crippen LogP contribution in [0, 0.1) is 0 Å². The molecule has 0 unspecified atom stereocenters. The molecule has 1 aromatic heterocycles. The van der Waals surface area contributed by atoms with Gasteiger partial charge in [-0.2, -0.15) is 0 Å². The molecule has 1 atom stereocenters. The van der Waals surface area contributed by atoms with Crippen LogP contribution in [-0.2, 0) is 4.79 Å². The molecular weight excluding hydrogens is 450 g/mol. The van der Waals surface area contributed by atoms with Crippen LogP contribution in [-0.4, -0.2) is 38.7 Å². The predicted molar refractivity (Wildman–Crippen MR) is 135 cm³/mol. The van der Waals surface area contributed by atoms with E-state index in [1.54, 1.807) is 30.9 Å². The molecule has 1 aliphatic heterocycles. The van der Waals surface area contributed by atoms with Crippen molar-refractivity contribution >= 4 is 28.9 Å². The number of thiazole rings is 1. The first-order valence-electron chi connectivity index (χ1n) is 10.8. The lowest BCUT2D eigenvalue weighted by Crippen LogP contribution is -2.39. The molecule has 8 heteroatoms. The van der Waals surface area contributed by atoms with Crippen molar-refractivity contribution in [1.29, 1.82) is 0 Å². The quantitative estimate of drug-likeness (QED) is 0.546. The van der Waals surface area contributed by atoms with Gasteiger partial charge in [0.1, 0.15) is 11.5 Å². The van der Waals surface area contributed by atoms with Gasteiger partial charge in [0.05, 0.1) is 24.8 Å². The van der Waals surface area contributed by atoms with Crippen molar-refractivity contribution in [2.24, 2.45) is 4.99 Å². The van der Waals surface area contributed by atoms with Crippen LogP contribution in [0.4, 0.5) is 5.69 Å². The molecule has 7 nitrogen and oxygen atoms in total. The van der Waals surface area contributed by atoms with Crippen LogP contribution < -0.4 is 29.3 Å². The number of hydrogen-bond acceptors (Lipinski definition) is 7. The third kappa shape index (κ3) is 4.17. The number of methoxy groups -OCH3 is 2. The molecule has 176 valence electrons. The number of Topliss-reactive ketones (excluding diaryl/α,β-unsaturated/α-hetero) is 1.